The van der Waals surface area contributed by atoms with Crippen LogP contribution >= 0.6 is 11.6 Å². The first kappa shape index (κ1) is 13.7. The van der Waals surface area contributed by atoms with E-state index >= 15 is 0 Å². The highest BCUT2D eigenvalue weighted by Crippen LogP contribution is 2.12. The molecule has 17 heavy (non-hydrogen) atoms. The van der Waals surface area contributed by atoms with Crippen LogP contribution in [0.3, 0.4) is 0 Å². The third-order valence-corrected chi connectivity index (χ3v) is 2.51. The van der Waals surface area contributed by atoms with Crippen LogP contribution in [-0.2, 0) is 20.9 Å². The highest BCUT2D eigenvalue weighted by atomic mass is 35.5. The van der Waals surface area contributed by atoms with Crippen LogP contribution in [-0.4, -0.2) is 28.1 Å². The molecule has 0 saturated carbocycles. The number of halogens is 1. The number of hydrogen-bond acceptors (Lipinski definition) is 4. The summed E-state index contributed by atoms with van der Waals surface area (Å²) in [5, 5.41) is 4.59. The summed E-state index contributed by atoms with van der Waals surface area (Å²) in [6, 6.07) is 0. The highest BCUT2D eigenvalue weighted by molar-refractivity contribution is 6.31. The lowest BCUT2D eigenvalue weighted by Crippen LogP contribution is -2.13. The quantitative estimate of drug-likeness (QED) is 0.730. The Morgan fingerprint density at radius 1 is 1.47 bits per heavy atom. The summed E-state index contributed by atoms with van der Waals surface area (Å²) >= 11 is 5.81. The largest absolute Gasteiger partial charge is 0.466 e. The molecule has 1 heterocycles. The number of ketones is 1. The molecule has 0 aliphatic carbocycles. The van der Waals surface area contributed by atoms with Crippen molar-refractivity contribution in [3.8, 4) is 0 Å². The fraction of sp³-hybridized carbons (Fsp3) is 0.545. The van der Waals surface area contributed by atoms with E-state index in [-0.39, 0.29) is 31.1 Å². The van der Waals surface area contributed by atoms with E-state index in [0.717, 1.165) is 0 Å². The third kappa shape index (κ3) is 4.56. The Morgan fingerprint density at radius 3 is 2.71 bits per heavy atom. The predicted octanol–water partition coefficient (Wildman–Crippen LogP) is 1.76. The molecule has 6 heteroatoms. The second-order valence-corrected chi connectivity index (χ2v) is 4.01. The number of carbonyl (C=O) groups is 2. The number of esters is 1. The second-order valence-electron chi connectivity index (χ2n) is 3.60. The average molecular weight is 259 g/mol. The standard InChI is InChI=1S/C11H15ClN2O3/c1-3-17-11(16)5-4-9(15)6-14-7-10(12)8(2)13-14/h7H,3-6H2,1-2H3. The molecule has 0 atom stereocenters. The zero-order chi connectivity index (χ0) is 12.8. The van der Waals surface area contributed by atoms with Gasteiger partial charge in [0.25, 0.3) is 0 Å². The third-order valence-electron chi connectivity index (χ3n) is 2.14. The molecule has 0 aliphatic heterocycles. The molecule has 94 valence electrons. The van der Waals surface area contributed by atoms with Gasteiger partial charge in [0, 0.05) is 12.6 Å². The van der Waals surface area contributed by atoms with Crippen LogP contribution in [0.5, 0.6) is 0 Å². The van der Waals surface area contributed by atoms with Gasteiger partial charge in [0.15, 0.2) is 5.78 Å². The van der Waals surface area contributed by atoms with E-state index in [1.807, 2.05) is 0 Å². The minimum absolute atomic E-state index is 0.0720. The molecule has 0 bridgehead atoms. The van der Waals surface area contributed by atoms with E-state index in [2.05, 4.69) is 5.10 Å². The van der Waals surface area contributed by atoms with Crippen molar-refractivity contribution in [2.75, 3.05) is 6.61 Å². The van der Waals surface area contributed by atoms with Crippen molar-refractivity contribution in [1.82, 2.24) is 9.78 Å². The first-order valence-electron chi connectivity index (χ1n) is 5.39. The smallest absolute Gasteiger partial charge is 0.306 e. The first-order valence-corrected chi connectivity index (χ1v) is 5.77. The topological polar surface area (TPSA) is 61.2 Å². The molecule has 0 saturated heterocycles. The number of carbonyl (C=O) groups excluding carboxylic acids is 2. The zero-order valence-corrected chi connectivity index (χ0v) is 10.7. The minimum atomic E-state index is -0.351. The van der Waals surface area contributed by atoms with Gasteiger partial charge in [-0.25, -0.2) is 0 Å². The molecular weight excluding hydrogens is 244 g/mol. The average Bonchev–Trinajstić information content (AvgIpc) is 2.55. The molecule has 0 aromatic carbocycles. The van der Waals surface area contributed by atoms with Crippen molar-refractivity contribution in [2.45, 2.75) is 33.2 Å². The van der Waals surface area contributed by atoms with Crippen molar-refractivity contribution >= 4 is 23.4 Å². The number of ether oxygens (including phenoxy) is 1. The number of Topliss-reactive ketones (excluding diaryl/α,β-unsaturated/α-hetero) is 1. The van der Waals surface area contributed by atoms with Crippen molar-refractivity contribution < 1.29 is 14.3 Å². The summed E-state index contributed by atoms with van der Waals surface area (Å²) in [4.78, 5) is 22.6. The molecule has 1 aromatic heterocycles. The Balaban J connectivity index is 2.37. The maximum Gasteiger partial charge on any atom is 0.306 e. The van der Waals surface area contributed by atoms with E-state index in [9.17, 15) is 9.59 Å². The van der Waals surface area contributed by atoms with E-state index < -0.39 is 0 Å². The van der Waals surface area contributed by atoms with Gasteiger partial charge in [-0.1, -0.05) is 11.6 Å². The van der Waals surface area contributed by atoms with Crippen molar-refractivity contribution in [3.05, 3.63) is 16.9 Å². The van der Waals surface area contributed by atoms with Gasteiger partial charge in [-0.05, 0) is 13.8 Å². The van der Waals surface area contributed by atoms with E-state index in [1.54, 1.807) is 20.0 Å². The van der Waals surface area contributed by atoms with Crippen molar-refractivity contribution in [3.63, 3.8) is 0 Å². The van der Waals surface area contributed by atoms with E-state index in [1.165, 1.54) is 4.68 Å². The monoisotopic (exact) mass is 258 g/mol. The Bertz CT molecular complexity index is 395. The van der Waals surface area contributed by atoms with Gasteiger partial charge in [-0.15, -0.1) is 0 Å². The molecule has 0 N–H and O–H groups in total. The molecule has 0 unspecified atom stereocenters. The minimum Gasteiger partial charge on any atom is -0.466 e. The lowest BCUT2D eigenvalue weighted by Gasteiger charge is -2.02. The summed E-state index contributed by atoms with van der Waals surface area (Å²) in [6.45, 7) is 3.96. The maximum atomic E-state index is 11.5. The number of nitrogens with zero attached hydrogens (tertiary/aromatic N) is 2. The highest BCUT2D eigenvalue weighted by Gasteiger charge is 2.10. The molecule has 0 spiro atoms. The van der Waals surface area contributed by atoms with Gasteiger partial charge >= 0.3 is 5.97 Å². The Hall–Kier alpha value is -1.36. The molecular formula is C11H15ClN2O3. The number of aromatic nitrogens is 2. The van der Waals surface area contributed by atoms with Crippen LogP contribution in [0.25, 0.3) is 0 Å². The fourth-order valence-corrected chi connectivity index (χ4v) is 1.46. The second kappa shape index (κ2) is 6.39. The summed E-state index contributed by atoms with van der Waals surface area (Å²) in [5.74, 6) is -0.423. The van der Waals surface area contributed by atoms with Crippen molar-refractivity contribution in [1.29, 1.82) is 0 Å². The van der Waals surface area contributed by atoms with Gasteiger partial charge in [-0.3, -0.25) is 14.3 Å². The van der Waals surface area contributed by atoms with Gasteiger partial charge in [0.2, 0.25) is 0 Å². The lowest BCUT2D eigenvalue weighted by molar-refractivity contribution is -0.144. The number of hydrogen-bond donors (Lipinski definition) is 0. The molecule has 0 amide bonds. The Labute approximate surface area is 105 Å². The lowest BCUT2D eigenvalue weighted by atomic mass is 10.2. The van der Waals surface area contributed by atoms with Crippen LogP contribution in [0, 0.1) is 6.92 Å². The van der Waals surface area contributed by atoms with Gasteiger partial charge in [0.05, 0.1) is 30.3 Å². The van der Waals surface area contributed by atoms with Gasteiger partial charge in [0.1, 0.15) is 0 Å². The van der Waals surface area contributed by atoms with E-state index in [4.69, 9.17) is 16.3 Å². The molecule has 1 rings (SSSR count). The molecule has 0 radical (unpaired) electrons. The van der Waals surface area contributed by atoms with Crippen molar-refractivity contribution in [2.24, 2.45) is 0 Å². The van der Waals surface area contributed by atoms with Crippen LogP contribution in [0.15, 0.2) is 6.20 Å². The van der Waals surface area contributed by atoms with Crippen LogP contribution < -0.4 is 0 Å². The molecule has 0 aliphatic rings. The molecule has 5 nitrogen and oxygen atoms in total. The predicted molar refractivity (Wildman–Crippen MR) is 62.8 cm³/mol. The maximum absolute atomic E-state index is 11.5. The fourth-order valence-electron chi connectivity index (χ4n) is 1.31. The van der Waals surface area contributed by atoms with Crippen LogP contribution in [0.2, 0.25) is 5.02 Å². The van der Waals surface area contributed by atoms with Crippen LogP contribution in [0.1, 0.15) is 25.5 Å². The van der Waals surface area contributed by atoms with Crippen LogP contribution in [0.4, 0.5) is 0 Å². The summed E-state index contributed by atoms with van der Waals surface area (Å²) in [6.07, 6.45) is 1.87. The van der Waals surface area contributed by atoms with E-state index in [0.29, 0.717) is 17.3 Å². The number of rotatable bonds is 6. The van der Waals surface area contributed by atoms with Gasteiger partial charge in [-0.2, -0.15) is 5.10 Å². The molecule has 0 fully saturated rings. The first-order chi connectivity index (χ1) is 8.02. The zero-order valence-electron chi connectivity index (χ0n) is 9.90. The molecule has 1 aromatic rings. The summed E-state index contributed by atoms with van der Waals surface area (Å²) < 4.78 is 6.21. The normalized spacial score (nSPS) is 10.3. The summed E-state index contributed by atoms with van der Waals surface area (Å²) in [7, 11) is 0. The SMILES string of the molecule is CCOC(=O)CCC(=O)Cn1cc(Cl)c(C)n1. The number of aryl methyl sites for hydroxylation is 1. The van der Waals surface area contributed by atoms with Gasteiger partial charge < -0.3 is 4.74 Å². The summed E-state index contributed by atoms with van der Waals surface area (Å²) in [5.41, 5.74) is 0.685. The Morgan fingerprint density at radius 2 is 2.18 bits per heavy atom. The Kier molecular flexibility index (Phi) is 5.15.